The summed E-state index contributed by atoms with van der Waals surface area (Å²) in [5.41, 5.74) is 3.32. The lowest BCUT2D eigenvalue weighted by Gasteiger charge is -2.42. The van der Waals surface area contributed by atoms with Crippen molar-refractivity contribution < 1.29 is 27.1 Å². The van der Waals surface area contributed by atoms with Crippen molar-refractivity contribution >= 4 is 46.9 Å². The summed E-state index contributed by atoms with van der Waals surface area (Å²) in [5, 5.41) is 3.35. The predicted octanol–water partition coefficient (Wildman–Crippen LogP) is 6.40. The maximum atomic E-state index is 15.2. The average Bonchev–Trinajstić information content (AvgIpc) is 3.21. The Labute approximate surface area is 245 Å². The number of rotatable bonds is 6. The summed E-state index contributed by atoms with van der Waals surface area (Å²) in [7, 11) is 0. The number of aryl methyl sites for hydroxylation is 1. The van der Waals surface area contributed by atoms with Crippen LogP contribution in [0.5, 0.6) is 5.75 Å². The number of carbonyl (C=O) groups excluding carboxylic acids is 1. The first-order valence-corrected chi connectivity index (χ1v) is 12.9. The lowest BCUT2D eigenvalue weighted by Crippen LogP contribution is -2.52. The van der Waals surface area contributed by atoms with Crippen LogP contribution in [-0.2, 0) is 6.54 Å². The third kappa shape index (κ3) is 6.79. The van der Waals surface area contributed by atoms with Gasteiger partial charge in [0.2, 0.25) is 0 Å². The molecule has 1 fully saturated rings. The Bertz CT molecular complexity index is 1550. The minimum absolute atomic E-state index is 0. The van der Waals surface area contributed by atoms with Gasteiger partial charge in [0.25, 0.3) is 5.91 Å². The van der Waals surface area contributed by atoms with E-state index >= 15 is 4.39 Å². The highest BCUT2D eigenvalue weighted by Crippen LogP contribution is 2.29. The van der Waals surface area contributed by atoms with Crippen LogP contribution < -0.4 is 19.9 Å². The Morgan fingerprint density at radius 2 is 1.85 bits per heavy atom. The van der Waals surface area contributed by atoms with E-state index in [-0.39, 0.29) is 36.7 Å². The van der Waals surface area contributed by atoms with Crippen molar-refractivity contribution in [3.05, 3.63) is 88.6 Å². The molecule has 0 saturated carbocycles. The van der Waals surface area contributed by atoms with E-state index in [4.69, 9.17) is 11.6 Å². The van der Waals surface area contributed by atoms with Gasteiger partial charge in [-0.05, 0) is 61.9 Å². The SMILES string of the molecule is Cc1nc2cc(Cl)ccn2c1C(=O)NCc1ccc(N2CCN(c3ccc(OC(F)(F)F)cc3)[C@@H](C)C2)c(F)c1.Cl. The molecule has 0 unspecified atom stereocenters. The molecule has 4 aromatic rings. The topological polar surface area (TPSA) is 62.1 Å². The van der Waals surface area contributed by atoms with E-state index in [0.717, 1.165) is 5.69 Å². The van der Waals surface area contributed by atoms with Gasteiger partial charge in [0, 0.05) is 55.2 Å². The fraction of sp³-hybridized carbons (Fsp3) is 0.286. The number of hydrogen-bond acceptors (Lipinski definition) is 5. The standard InChI is InChI=1S/C28H26ClF4N5O2.ClH/c1-17-16-36(11-12-37(17)21-4-6-22(7-5-21)40-28(31,32)33)24-8-3-19(13-23(24)30)15-34-27(39)26-18(2)35-25-14-20(29)9-10-38(25)26;/h3-10,13-14,17H,11-12,15-16H2,1-2H3,(H,34,39);1H/t17-;/m0./s1. The largest absolute Gasteiger partial charge is 0.573 e. The smallest absolute Gasteiger partial charge is 0.406 e. The van der Waals surface area contributed by atoms with Crippen LogP contribution in [0.25, 0.3) is 5.65 Å². The number of alkyl halides is 3. The van der Waals surface area contributed by atoms with Crippen LogP contribution in [0.15, 0.2) is 60.8 Å². The lowest BCUT2D eigenvalue weighted by atomic mass is 10.1. The number of pyridine rings is 1. The number of amides is 1. The van der Waals surface area contributed by atoms with Gasteiger partial charge in [-0.15, -0.1) is 25.6 Å². The summed E-state index contributed by atoms with van der Waals surface area (Å²) in [6.45, 7) is 5.45. The molecule has 0 spiro atoms. The van der Waals surface area contributed by atoms with Gasteiger partial charge >= 0.3 is 6.36 Å². The quantitative estimate of drug-likeness (QED) is 0.256. The third-order valence-corrected chi connectivity index (χ3v) is 7.05. The average molecular weight is 612 g/mol. The summed E-state index contributed by atoms with van der Waals surface area (Å²) in [5.74, 6) is -1.01. The zero-order chi connectivity index (χ0) is 28.6. The van der Waals surface area contributed by atoms with Gasteiger partial charge in [0.15, 0.2) is 0 Å². The van der Waals surface area contributed by atoms with Crippen LogP contribution in [0.4, 0.5) is 28.9 Å². The summed E-state index contributed by atoms with van der Waals surface area (Å²) >= 11 is 6.02. The Hall–Kier alpha value is -3.70. The monoisotopic (exact) mass is 611 g/mol. The van der Waals surface area contributed by atoms with Crippen molar-refractivity contribution in [1.82, 2.24) is 14.7 Å². The van der Waals surface area contributed by atoms with Crippen molar-refractivity contribution in [3.8, 4) is 5.75 Å². The molecule has 1 saturated heterocycles. The maximum absolute atomic E-state index is 15.2. The van der Waals surface area contributed by atoms with Crippen LogP contribution in [0, 0.1) is 12.7 Å². The van der Waals surface area contributed by atoms with Crippen molar-refractivity contribution in [2.24, 2.45) is 0 Å². The van der Waals surface area contributed by atoms with E-state index in [1.165, 1.54) is 18.2 Å². The number of hydrogen-bond donors (Lipinski definition) is 1. The molecule has 1 aliphatic heterocycles. The van der Waals surface area contributed by atoms with Gasteiger partial charge in [0.05, 0.1) is 11.4 Å². The van der Waals surface area contributed by atoms with Gasteiger partial charge < -0.3 is 19.9 Å². The highest BCUT2D eigenvalue weighted by molar-refractivity contribution is 6.30. The number of halogens is 6. The number of imidazole rings is 1. The Balaban J connectivity index is 0.00000387. The molecule has 3 heterocycles. The normalized spacial score (nSPS) is 15.5. The van der Waals surface area contributed by atoms with E-state index in [2.05, 4.69) is 19.9 Å². The molecule has 1 N–H and O–H groups in total. The number of nitrogens with one attached hydrogen (secondary N) is 1. The summed E-state index contributed by atoms with van der Waals surface area (Å²) in [6, 6.07) is 13.9. The number of nitrogens with zero attached hydrogens (tertiary/aromatic N) is 4. The zero-order valence-corrected chi connectivity index (χ0v) is 23.7. The third-order valence-electron chi connectivity index (χ3n) is 6.81. The molecule has 2 aromatic carbocycles. The Morgan fingerprint density at radius 3 is 2.51 bits per heavy atom. The first-order chi connectivity index (χ1) is 19.0. The fourth-order valence-electron chi connectivity index (χ4n) is 4.99. The molecule has 13 heteroatoms. The minimum Gasteiger partial charge on any atom is -0.406 e. The number of anilines is 2. The van der Waals surface area contributed by atoms with Crippen LogP contribution in [0.1, 0.15) is 28.7 Å². The molecule has 0 radical (unpaired) electrons. The molecule has 1 atom stereocenters. The van der Waals surface area contributed by atoms with Crippen LogP contribution in [0.3, 0.4) is 0 Å². The van der Waals surface area contributed by atoms with Crippen molar-refractivity contribution in [2.45, 2.75) is 32.8 Å². The minimum atomic E-state index is -4.74. The zero-order valence-electron chi connectivity index (χ0n) is 22.1. The Kier molecular flexibility index (Phi) is 8.89. The molecular weight excluding hydrogens is 585 g/mol. The second-order valence-electron chi connectivity index (χ2n) is 9.62. The van der Waals surface area contributed by atoms with Gasteiger partial charge in [-0.25, -0.2) is 9.37 Å². The molecule has 218 valence electrons. The van der Waals surface area contributed by atoms with Gasteiger partial charge in [-0.1, -0.05) is 17.7 Å². The summed E-state index contributed by atoms with van der Waals surface area (Å²) in [4.78, 5) is 21.3. The van der Waals surface area contributed by atoms with E-state index in [0.29, 0.717) is 52.9 Å². The number of aromatic nitrogens is 2. The van der Waals surface area contributed by atoms with E-state index in [1.54, 1.807) is 53.9 Å². The van der Waals surface area contributed by atoms with Gasteiger partial charge in [-0.3, -0.25) is 9.20 Å². The highest BCUT2D eigenvalue weighted by Gasteiger charge is 2.31. The lowest BCUT2D eigenvalue weighted by molar-refractivity contribution is -0.274. The summed E-state index contributed by atoms with van der Waals surface area (Å²) < 4.78 is 58.1. The van der Waals surface area contributed by atoms with Crippen LogP contribution >= 0.6 is 24.0 Å². The molecular formula is C28H27Cl2F4N5O2. The molecule has 1 amide bonds. The summed E-state index contributed by atoms with van der Waals surface area (Å²) in [6.07, 6.45) is -3.06. The first-order valence-electron chi connectivity index (χ1n) is 12.6. The fourth-order valence-corrected chi connectivity index (χ4v) is 5.15. The first kappa shape index (κ1) is 30.3. The maximum Gasteiger partial charge on any atom is 0.573 e. The molecule has 41 heavy (non-hydrogen) atoms. The van der Waals surface area contributed by atoms with Crippen molar-refractivity contribution in [3.63, 3.8) is 0 Å². The number of fused-ring (bicyclic) bond motifs is 1. The van der Waals surface area contributed by atoms with Crippen LogP contribution in [0.2, 0.25) is 5.02 Å². The van der Waals surface area contributed by atoms with Crippen LogP contribution in [-0.4, -0.2) is 47.3 Å². The number of benzene rings is 2. The number of piperazine rings is 1. The molecule has 2 aromatic heterocycles. The highest BCUT2D eigenvalue weighted by atomic mass is 35.5. The van der Waals surface area contributed by atoms with E-state index < -0.39 is 12.2 Å². The number of ether oxygens (including phenoxy) is 1. The molecule has 0 bridgehead atoms. The second-order valence-corrected chi connectivity index (χ2v) is 10.1. The Morgan fingerprint density at radius 1 is 1.12 bits per heavy atom. The molecule has 0 aliphatic carbocycles. The predicted molar refractivity (Wildman–Crippen MR) is 152 cm³/mol. The van der Waals surface area contributed by atoms with Crippen molar-refractivity contribution in [1.29, 1.82) is 0 Å². The van der Waals surface area contributed by atoms with Gasteiger partial charge in [-0.2, -0.15) is 0 Å². The molecule has 7 nitrogen and oxygen atoms in total. The van der Waals surface area contributed by atoms with E-state index in [9.17, 15) is 18.0 Å². The van der Waals surface area contributed by atoms with E-state index in [1.807, 2.05) is 11.8 Å². The second kappa shape index (κ2) is 12.0. The van der Waals surface area contributed by atoms with Crippen molar-refractivity contribution in [2.75, 3.05) is 29.4 Å². The molecule has 5 rings (SSSR count). The van der Waals surface area contributed by atoms with Gasteiger partial charge in [0.1, 0.15) is 22.9 Å². The molecule has 1 aliphatic rings. The number of carbonyl (C=O) groups is 1.